The van der Waals surface area contributed by atoms with Crippen LogP contribution in [0.2, 0.25) is 0 Å². The quantitative estimate of drug-likeness (QED) is 0.881. The molecular formula is C15H15BrO. The Hall–Kier alpha value is -1.12. The van der Waals surface area contributed by atoms with Gasteiger partial charge in [-0.2, -0.15) is 0 Å². The van der Waals surface area contributed by atoms with Crippen LogP contribution < -0.4 is 0 Å². The molecule has 1 unspecified atom stereocenters. The summed E-state index contributed by atoms with van der Waals surface area (Å²) in [4.78, 5) is 0. The number of hydrogen-bond acceptors (Lipinski definition) is 1. The lowest BCUT2D eigenvalue weighted by molar-refractivity contribution is 0.219. The summed E-state index contributed by atoms with van der Waals surface area (Å²) in [6, 6.07) is 13.9. The summed E-state index contributed by atoms with van der Waals surface area (Å²) in [6.07, 6.45) is -0.562. The number of aliphatic hydroxyl groups is 1. The smallest absolute Gasteiger partial charge is 0.104 e. The van der Waals surface area contributed by atoms with Crippen molar-refractivity contribution in [3.63, 3.8) is 0 Å². The topological polar surface area (TPSA) is 20.2 Å². The van der Waals surface area contributed by atoms with Gasteiger partial charge < -0.3 is 5.11 Å². The first kappa shape index (κ1) is 12.3. The number of aliphatic hydroxyl groups excluding tert-OH is 1. The maximum atomic E-state index is 10.4. The minimum absolute atomic E-state index is 0.562. The van der Waals surface area contributed by atoms with E-state index in [0.29, 0.717) is 0 Å². The molecule has 0 aliphatic carbocycles. The number of aryl methyl sites for hydroxylation is 2. The van der Waals surface area contributed by atoms with Gasteiger partial charge in [0, 0.05) is 4.47 Å². The molecule has 2 rings (SSSR count). The molecule has 2 aromatic rings. The molecular weight excluding hydrogens is 276 g/mol. The molecule has 0 aromatic heterocycles. The van der Waals surface area contributed by atoms with Gasteiger partial charge in [0.15, 0.2) is 0 Å². The first-order chi connectivity index (χ1) is 8.08. The average molecular weight is 291 g/mol. The molecule has 1 nitrogen and oxygen atoms in total. The second kappa shape index (κ2) is 5.03. The van der Waals surface area contributed by atoms with E-state index in [1.165, 1.54) is 5.56 Å². The van der Waals surface area contributed by atoms with E-state index < -0.39 is 6.10 Å². The Balaban J connectivity index is 2.40. The number of rotatable bonds is 2. The fraction of sp³-hybridized carbons (Fsp3) is 0.200. The predicted octanol–water partition coefficient (Wildman–Crippen LogP) is 4.15. The van der Waals surface area contributed by atoms with Crippen LogP contribution in [0.1, 0.15) is 28.4 Å². The molecule has 0 heterocycles. The number of halogens is 1. The molecule has 2 heteroatoms. The van der Waals surface area contributed by atoms with E-state index in [9.17, 15) is 5.11 Å². The lowest BCUT2D eigenvalue weighted by Gasteiger charge is -2.15. The lowest BCUT2D eigenvalue weighted by atomic mass is 9.96. The lowest BCUT2D eigenvalue weighted by Crippen LogP contribution is -2.02. The van der Waals surface area contributed by atoms with Crippen LogP contribution in [0.5, 0.6) is 0 Å². The molecule has 88 valence electrons. The molecule has 0 aliphatic rings. The average Bonchev–Trinajstić information content (AvgIpc) is 2.28. The monoisotopic (exact) mass is 290 g/mol. The van der Waals surface area contributed by atoms with Crippen LogP contribution in [0.15, 0.2) is 46.9 Å². The first-order valence-corrected chi connectivity index (χ1v) is 6.38. The summed E-state index contributed by atoms with van der Waals surface area (Å²) < 4.78 is 0.985. The zero-order chi connectivity index (χ0) is 12.4. The summed E-state index contributed by atoms with van der Waals surface area (Å²) in [5, 5.41) is 10.4. The van der Waals surface area contributed by atoms with Crippen LogP contribution in [0.25, 0.3) is 0 Å². The predicted molar refractivity (Wildman–Crippen MR) is 74.1 cm³/mol. The maximum absolute atomic E-state index is 10.4. The van der Waals surface area contributed by atoms with Crippen LogP contribution in [0, 0.1) is 13.8 Å². The van der Waals surface area contributed by atoms with Crippen molar-refractivity contribution in [2.45, 2.75) is 20.0 Å². The largest absolute Gasteiger partial charge is 0.384 e. The summed E-state index contributed by atoms with van der Waals surface area (Å²) >= 11 is 3.42. The van der Waals surface area contributed by atoms with Crippen molar-refractivity contribution in [1.29, 1.82) is 0 Å². The Morgan fingerprint density at radius 3 is 2.47 bits per heavy atom. The third kappa shape index (κ3) is 2.76. The molecule has 2 aromatic carbocycles. The number of hydrogen-bond donors (Lipinski definition) is 1. The Bertz CT molecular complexity index is 534. The van der Waals surface area contributed by atoms with E-state index in [-0.39, 0.29) is 0 Å². The highest BCUT2D eigenvalue weighted by Crippen LogP contribution is 2.27. The Kier molecular flexibility index (Phi) is 3.65. The zero-order valence-electron chi connectivity index (χ0n) is 9.94. The van der Waals surface area contributed by atoms with Crippen molar-refractivity contribution in [3.8, 4) is 0 Å². The Morgan fingerprint density at radius 2 is 1.82 bits per heavy atom. The molecule has 0 bridgehead atoms. The van der Waals surface area contributed by atoms with Gasteiger partial charge in [-0.3, -0.25) is 0 Å². The van der Waals surface area contributed by atoms with Crippen molar-refractivity contribution in [2.75, 3.05) is 0 Å². The van der Waals surface area contributed by atoms with E-state index in [1.54, 1.807) is 0 Å². The van der Waals surface area contributed by atoms with Crippen molar-refractivity contribution in [3.05, 3.63) is 69.2 Å². The van der Waals surface area contributed by atoms with Gasteiger partial charge in [0.2, 0.25) is 0 Å². The van der Waals surface area contributed by atoms with Gasteiger partial charge >= 0.3 is 0 Å². The molecule has 1 N–H and O–H groups in total. The second-order valence-corrected chi connectivity index (χ2v) is 5.23. The maximum Gasteiger partial charge on any atom is 0.104 e. The van der Waals surface area contributed by atoms with Crippen molar-refractivity contribution in [1.82, 2.24) is 0 Å². The van der Waals surface area contributed by atoms with Gasteiger partial charge in [-0.1, -0.05) is 51.8 Å². The van der Waals surface area contributed by atoms with Crippen molar-refractivity contribution in [2.24, 2.45) is 0 Å². The highest BCUT2D eigenvalue weighted by atomic mass is 79.9. The molecule has 0 fully saturated rings. The van der Waals surface area contributed by atoms with Crippen LogP contribution in [-0.2, 0) is 0 Å². The third-order valence-electron chi connectivity index (χ3n) is 2.88. The van der Waals surface area contributed by atoms with Crippen molar-refractivity contribution >= 4 is 15.9 Å². The van der Waals surface area contributed by atoms with E-state index in [2.05, 4.69) is 28.9 Å². The summed E-state index contributed by atoms with van der Waals surface area (Å²) in [6.45, 7) is 4.09. The molecule has 1 atom stereocenters. The van der Waals surface area contributed by atoms with Gasteiger partial charge in [0.1, 0.15) is 6.10 Å². The van der Waals surface area contributed by atoms with E-state index >= 15 is 0 Å². The Labute approximate surface area is 110 Å². The fourth-order valence-corrected chi connectivity index (χ4v) is 2.41. The molecule has 0 radical (unpaired) electrons. The van der Waals surface area contributed by atoms with E-state index in [0.717, 1.165) is 21.2 Å². The van der Waals surface area contributed by atoms with Gasteiger partial charge in [0.05, 0.1) is 0 Å². The molecule has 0 aliphatic heterocycles. The van der Waals surface area contributed by atoms with Gasteiger partial charge in [-0.25, -0.2) is 0 Å². The highest BCUT2D eigenvalue weighted by Gasteiger charge is 2.12. The third-order valence-corrected chi connectivity index (χ3v) is 3.38. The standard InChI is InChI=1S/C15H15BrO/c1-10-6-7-14(11(2)8-10)15(17)12-4-3-5-13(16)9-12/h3-9,15,17H,1-2H3. The summed E-state index contributed by atoms with van der Waals surface area (Å²) in [5.74, 6) is 0. The molecule has 0 saturated carbocycles. The SMILES string of the molecule is Cc1ccc(C(O)c2cccc(Br)c2)c(C)c1. The fourth-order valence-electron chi connectivity index (χ4n) is 1.99. The minimum atomic E-state index is -0.562. The molecule has 0 saturated heterocycles. The minimum Gasteiger partial charge on any atom is -0.384 e. The highest BCUT2D eigenvalue weighted by molar-refractivity contribution is 9.10. The first-order valence-electron chi connectivity index (χ1n) is 5.58. The van der Waals surface area contributed by atoms with E-state index in [1.807, 2.05) is 43.3 Å². The second-order valence-electron chi connectivity index (χ2n) is 4.32. The molecule has 0 spiro atoms. The Morgan fingerprint density at radius 1 is 1.06 bits per heavy atom. The van der Waals surface area contributed by atoms with Crippen LogP contribution in [0.3, 0.4) is 0 Å². The van der Waals surface area contributed by atoms with Gasteiger partial charge in [-0.15, -0.1) is 0 Å². The summed E-state index contributed by atoms with van der Waals surface area (Å²) in [7, 11) is 0. The molecule has 17 heavy (non-hydrogen) atoms. The van der Waals surface area contributed by atoms with Crippen LogP contribution in [0.4, 0.5) is 0 Å². The molecule has 0 amide bonds. The summed E-state index contributed by atoms with van der Waals surface area (Å²) in [5.41, 5.74) is 4.21. The van der Waals surface area contributed by atoms with E-state index in [4.69, 9.17) is 0 Å². The number of benzene rings is 2. The van der Waals surface area contributed by atoms with Crippen LogP contribution in [-0.4, -0.2) is 5.11 Å². The van der Waals surface area contributed by atoms with Gasteiger partial charge in [0.25, 0.3) is 0 Å². The zero-order valence-corrected chi connectivity index (χ0v) is 11.5. The normalized spacial score (nSPS) is 12.5. The van der Waals surface area contributed by atoms with Gasteiger partial charge in [-0.05, 0) is 42.7 Å². The van der Waals surface area contributed by atoms with Crippen LogP contribution >= 0.6 is 15.9 Å². The van der Waals surface area contributed by atoms with Crippen molar-refractivity contribution < 1.29 is 5.11 Å².